The van der Waals surface area contributed by atoms with Crippen LogP contribution in [-0.2, 0) is 16.0 Å². The van der Waals surface area contributed by atoms with E-state index in [0.717, 1.165) is 30.0 Å². The fourth-order valence-electron chi connectivity index (χ4n) is 4.05. The predicted molar refractivity (Wildman–Crippen MR) is 127 cm³/mol. The summed E-state index contributed by atoms with van der Waals surface area (Å²) in [6, 6.07) is 13.6. The lowest BCUT2D eigenvalue weighted by Gasteiger charge is -2.21. The SMILES string of the molecule is CCN(CC)c1ccc(NC(=O)C2CC(=O)N(CCc3ccc(OC)c(OC)c3)C2)cc1. The number of hydrogen-bond donors (Lipinski definition) is 1. The first-order valence-corrected chi connectivity index (χ1v) is 11.1. The van der Waals surface area contributed by atoms with Gasteiger partial charge in [-0.15, -0.1) is 0 Å². The monoisotopic (exact) mass is 439 g/mol. The van der Waals surface area contributed by atoms with E-state index >= 15 is 0 Å². The molecule has 7 nitrogen and oxygen atoms in total. The number of carbonyl (C=O) groups excluding carboxylic acids is 2. The van der Waals surface area contributed by atoms with Gasteiger partial charge in [0.25, 0.3) is 0 Å². The topological polar surface area (TPSA) is 71.1 Å². The Morgan fingerprint density at radius 1 is 1.06 bits per heavy atom. The van der Waals surface area contributed by atoms with E-state index in [-0.39, 0.29) is 24.2 Å². The van der Waals surface area contributed by atoms with E-state index in [2.05, 4.69) is 24.1 Å². The van der Waals surface area contributed by atoms with Crippen molar-refractivity contribution in [3.05, 3.63) is 48.0 Å². The average Bonchev–Trinajstić information content (AvgIpc) is 3.20. The maximum absolute atomic E-state index is 12.7. The van der Waals surface area contributed by atoms with Crippen LogP contribution in [0.5, 0.6) is 11.5 Å². The number of carbonyl (C=O) groups is 2. The summed E-state index contributed by atoms with van der Waals surface area (Å²) in [5.41, 5.74) is 2.93. The largest absolute Gasteiger partial charge is 0.493 e. The number of benzene rings is 2. The van der Waals surface area contributed by atoms with E-state index in [1.807, 2.05) is 42.5 Å². The van der Waals surface area contributed by atoms with Gasteiger partial charge in [-0.3, -0.25) is 9.59 Å². The maximum Gasteiger partial charge on any atom is 0.229 e. The van der Waals surface area contributed by atoms with Crippen LogP contribution in [0, 0.1) is 5.92 Å². The highest BCUT2D eigenvalue weighted by Crippen LogP contribution is 2.28. The molecule has 32 heavy (non-hydrogen) atoms. The summed E-state index contributed by atoms with van der Waals surface area (Å²) in [5.74, 6) is 0.915. The number of anilines is 2. The third-order valence-corrected chi connectivity index (χ3v) is 5.97. The number of hydrogen-bond acceptors (Lipinski definition) is 5. The highest BCUT2D eigenvalue weighted by atomic mass is 16.5. The second kappa shape index (κ2) is 10.9. The zero-order valence-electron chi connectivity index (χ0n) is 19.4. The van der Waals surface area contributed by atoms with Crippen molar-refractivity contribution in [2.24, 2.45) is 5.92 Å². The molecule has 2 amide bonds. The molecule has 3 rings (SSSR count). The molecule has 0 aromatic heterocycles. The Balaban J connectivity index is 1.54. The standard InChI is InChI=1S/C25H33N3O4/c1-5-27(6-2)21-10-8-20(9-11-21)26-25(30)19-16-24(29)28(17-19)14-13-18-7-12-22(31-3)23(15-18)32-4/h7-12,15,19H,5-6,13-14,16-17H2,1-4H3,(H,26,30). The molecule has 0 aliphatic carbocycles. The van der Waals surface area contributed by atoms with Gasteiger partial charge in [0.15, 0.2) is 11.5 Å². The van der Waals surface area contributed by atoms with E-state index in [9.17, 15) is 9.59 Å². The molecular formula is C25H33N3O4. The molecule has 1 atom stereocenters. The summed E-state index contributed by atoms with van der Waals surface area (Å²) in [6.45, 7) is 7.11. The predicted octanol–water partition coefficient (Wildman–Crippen LogP) is 3.58. The van der Waals surface area contributed by atoms with E-state index in [1.54, 1.807) is 19.1 Å². The molecule has 7 heteroatoms. The van der Waals surface area contributed by atoms with Crippen molar-refractivity contribution in [2.75, 3.05) is 50.6 Å². The Morgan fingerprint density at radius 2 is 1.75 bits per heavy atom. The molecule has 1 heterocycles. The molecule has 1 saturated heterocycles. The van der Waals surface area contributed by atoms with Crippen molar-refractivity contribution in [1.29, 1.82) is 0 Å². The van der Waals surface area contributed by atoms with Gasteiger partial charge in [-0.1, -0.05) is 6.07 Å². The van der Waals surface area contributed by atoms with Crippen LogP contribution in [0.15, 0.2) is 42.5 Å². The van der Waals surface area contributed by atoms with E-state index in [1.165, 1.54) is 0 Å². The number of rotatable bonds is 10. The lowest BCUT2D eigenvalue weighted by molar-refractivity contribution is -0.128. The van der Waals surface area contributed by atoms with Crippen LogP contribution in [0.25, 0.3) is 0 Å². The normalized spacial score (nSPS) is 15.6. The summed E-state index contributed by atoms with van der Waals surface area (Å²) < 4.78 is 10.6. The highest BCUT2D eigenvalue weighted by molar-refractivity contribution is 5.97. The van der Waals surface area contributed by atoms with Crippen molar-refractivity contribution in [3.8, 4) is 11.5 Å². The molecule has 2 aromatic rings. The number of ether oxygens (including phenoxy) is 2. The zero-order valence-corrected chi connectivity index (χ0v) is 19.4. The van der Waals surface area contributed by atoms with Gasteiger partial charge >= 0.3 is 0 Å². The summed E-state index contributed by atoms with van der Waals surface area (Å²) in [6.07, 6.45) is 0.933. The summed E-state index contributed by atoms with van der Waals surface area (Å²) in [7, 11) is 3.21. The molecule has 0 spiro atoms. The van der Waals surface area contributed by atoms with Crippen molar-refractivity contribution >= 4 is 23.2 Å². The first kappa shape index (κ1) is 23.4. The zero-order chi connectivity index (χ0) is 23.1. The molecule has 1 fully saturated rings. The molecule has 0 saturated carbocycles. The van der Waals surface area contributed by atoms with Crippen LogP contribution >= 0.6 is 0 Å². The summed E-state index contributed by atoms with van der Waals surface area (Å²) in [5, 5.41) is 2.96. The Hall–Kier alpha value is -3.22. The van der Waals surface area contributed by atoms with Crippen molar-refractivity contribution in [1.82, 2.24) is 4.90 Å². The smallest absolute Gasteiger partial charge is 0.229 e. The van der Waals surface area contributed by atoms with Gasteiger partial charge in [0.2, 0.25) is 11.8 Å². The van der Waals surface area contributed by atoms with E-state index in [0.29, 0.717) is 31.0 Å². The number of methoxy groups -OCH3 is 2. The Kier molecular flexibility index (Phi) is 7.98. The number of nitrogens with zero attached hydrogens (tertiary/aromatic N) is 2. The van der Waals surface area contributed by atoms with Gasteiger partial charge in [0, 0.05) is 44.0 Å². The fraction of sp³-hybridized carbons (Fsp3) is 0.440. The molecule has 0 radical (unpaired) electrons. The second-order valence-electron chi connectivity index (χ2n) is 7.89. The number of nitrogens with one attached hydrogen (secondary N) is 1. The quantitative estimate of drug-likeness (QED) is 0.613. The third-order valence-electron chi connectivity index (χ3n) is 5.97. The Labute approximate surface area is 190 Å². The Bertz CT molecular complexity index is 925. The molecule has 1 N–H and O–H groups in total. The lowest BCUT2D eigenvalue weighted by atomic mass is 10.1. The van der Waals surface area contributed by atoms with E-state index in [4.69, 9.17) is 9.47 Å². The van der Waals surface area contributed by atoms with Crippen LogP contribution in [0.3, 0.4) is 0 Å². The first-order valence-electron chi connectivity index (χ1n) is 11.1. The van der Waals surface area contributed by atoms with E-state index < -0.39 is 0 Å². The number of amides is 2. The van der Waals surface area contributed by atoms with Crippen LogP contribution in [0.2, 0.25) is 0 Å². The third kappa shape index (κ3) is 5.52. The fourth-order valence-corrected chi connectivity index (χ4v) is 4.05. The number of likely N-dealkylation sites (tertiary alicyclic amines) is 1. The van der Waals surface area contributed by atoms with Crippen molar-refractivity contribution in [3.63, 3.8) is 0 Å². The average molecular weight is 440 g/mol. The minimum Gasteiger partial charge on any atom is -0.493 e. The minimum atomic E-state index is -0.338. The molecule has 172 valence electrons. The molecule has 2 aromatic carbocycles. The van der Waals surface area contributed by atoms with Crippen molar-refractivity contribution in [2.45, 2.75) is 26.7 Å². The van der Waals surface area contributed by atoms with Gasteiger partial charge in [-0.05, 0) is 62.2 Å². The van der Waals surface area contributed by atoms with Gasteiger partial charge in [0.05, 0.1) is 20.1 Å². The summed E-state index contributed by atoms with van der Waals surface area (Å²) >= 11 is 0. The van der Waals surface area contributed by atoms with Gasteiger partial charge < -0.3 is 24.6 Å². The molecular weight excluding hydrogens is 406 g/mol. The van der Waals surface area contributed by atoms with Crippen LogP contribution in [0.1, 0.15) is 25.8 Å². The molecule has 0 bridgehead atoms. The maximum atomic E-state index is 12.7. The van der Waals surface area contributed by atoms with Gasteiger partial charge in [-0.25, -0.2) is 0 Å². The first-order chi connectivity index (χ1) is 15.5. The van der Waals surface area contributed by atoms with Gasteiger partial charge in [0.1, 0.15) is 0 Å². The van der Waals surface area contributed by atoms with Crippen LogP contribution in [-0.4, -0.2) is 57.1 Å². The molecule has 1 unspecified atom stereocenters. The summed E-state index contributed by atoms with van der Waals surface area (Å²) in [4.78, 5) is 29.2. The minimum absolute atomic E-state index is 0.0162. The Morgan fingerprint density at radius 3 is 2.38 bits per heavy atom. The molecule has 1 aliphatic heterocycles. The van der Waals surface area contributed by atoms with Crippen LogP contribution < -0.4 is 19.7 Å². The second-order valence-corrected chi connectivity index (χ2v) is 7.89. The van der Waals surface area contributed by atoms with Crippen molar-refractivity contribution < 1.29 is 19.1 Å². The molecule has 1 aliphatic rings. The lowest BCUT2D eigenvalue weighted by Crippen LogP contribution is -2.30. The van der Waals surface area contributed by atoms with Crippen LogP contribution in [0.4, 0.5) is 11.4 Å². The van der Waals surface area contributed by atoms with Gasteiger partial charge in [-0.2, -0.15) is 0 Å². The highest BCUT2D eigenvalue weighted by Gasteiger charge is 2.34.